The highest BCUT2D eigenvalue weighted by Gasteiger charge is 2.10. The highest BCUT2D eigenvalue weighted by molar-refractivity contribution is 5.91. The SMILES string of the molecule is CCOC(=O)NC(=O)Cn1cc(CNC(C)C)nn1. The molecule has 2 N–H and O–H groups in total. The van der Waals surface area contributed by atoms with Gasteiger partial charge in [0, 0.05) is 12.6 Å². The van der Waals surface area contributed by atoms with Gasteiger partial charge in [-0.2, -0.15) is 0 Å². The van der Waals surface area contributed by atoms with Gasteiger partial charge >= 0.3 is 6.09 Å². The van der Waals surface area contributed by atoms with Gasteiger partial charge < -0.3 is 10.1 Å². The van der Waals surface area contributed by atoms with Gasteiger partial charge in [-0.1, -0.05) is 19.1 Å². The number of ether oxygens (including phenoxy) is 1. The van der Waals surface area contributed by atoms with Crippen LogP contribution in [-0.2, 0) is 22.6 Å². The molecule has 19 heavy (non-hydrogen) atoms. The molecule has 0 unspecified atom stereocenters. The maximum atomic E-state index is 11.5. The summed E-state index contributed by atoms with van der Waals surface area (Å²) in [6.45, 7) is 6.43. The van der Waals surface area contributed by atoms with Gasteiger partial charge in [0.05, 0.1) is 18.5 Å². The summed E-state index contributed by atoms with van der Waals surface area (Å²) in [5.41, 5.74) is 0.734. The normalized spacial score (nSPS) is 10.5. The molecule has 0 atom stereocenters. The second kappa shape index (κ2) is 7.47. The Labute approximate surface area is 111 Å². The third kappa shape index (κ3) is 5.96. The lowest BCUT2D eigenvalue weighted by molar-refractivity contribution is -0.121. The molecule has 1 aromatic heterocycles. The van der Waals surface area contributed by atoms with Crippen LogP contribution in [0.1, 0.15) is 26.5 Å². The molecule has 0 fully saturated rings. The van der Waals surface area contributed by atoms with E-state index in [4.69, 9.17) is 0 Å². The second-order valence-electron chi connectivity index (χ2n) is 4.21. The molecule has 0 bridgehead atoms. The van der Waals surface area contributed by atoms with E-state index in [0.717, 1.165) is 5.69 Å². The maximum Gasteiger partial charge on any atom is 0.413 e. The average molecular weight is 269 g/mol. The topological polar surface area (TPSA) is 98.1 Å². The fraction of sp³-hybridized carbons (Fsp3) is 0.636. The van der Waals surface area contributed by atoms with Crippen molar-refractivity contribution in [2.24, 2.45) is 0 Å². The van der Waals surface area contributed by atoms with E-state index in [2.05, 4.69) is 25.7 Å². The first-order chi connectivity index (χ1) is 9.01. The summed E-state index contributed by atoms with van der Waals surface area (Å²) < 4.78 is 5.96. The van der Waals surface area contributed by atoms with Crippen LogP contribution in [0.3, 0.4) is 0 Å². The second-order valence-corrected chi connectivity index (χ2v) is 4.21. The van der Waals surface area contributed by atoms with Gasteiger partial charge in [-0.15, -0.1) is 5.10 Å². The minimum atomic E-state index is -0.755. The number of rotatable bonds is 6. The lowest BCUT2D eigenvalue weighted by Gasteiger charge is -2.04. The van der Waals surface area contributed by atoms with E-state index in [0.29, 0.717) is 12.6 Å². The van der Waals surface area contributed by atoms with E-state index >= 15 is 0 Å². The summed E-state index contributed by atoms with van der Waals surface area (Å²) in [5, 5.41) is 13.0. The monoisotopic (exact) mass is 269 g/mol. The number of nitrogens with zero attached hydrogens (tertiary/aromatic N) is 3. The molecule has 0 aliphatic rings. The van der Waals surface area contributed by atoms with Crippen molar-refractivity contribution in [1.82, 2.24) is 25.6 Å². The third-order valence-corrected chi connectivity index (χ3v) is 2.10. The van der Waals surface area contributed by atoms with Gasteiger partial charge in [-0.25, -0.2) is 9.48 Å². The Kier molecular flexibility index (Phi) is 5.94. The number of alkyl carbamates (subject to hydrolysis) is 1. The van der Waals surface area contributed by atoms with E-state index in [1.807, 2.05) is 13.8 Å². The van der Waals surface area contributed by atoms with Crippen LogP contribution in [0, 0.1) is 0 Å². The van der Waals surface area contributed by atoms with E-state index in [-0.39, 0.29) is 13.2 Å². The number of hydrogen-bond acceptors (Lipinski definition) is 6. The van der Waals surface area contributed by atoms with Crippen LogP contribution in [0.4, 0.5) is 4.79 Å². The highest BCUT2D eigenvalue weighted by atomic mass is 16.5. The fourth-order valence-corrected chi connectivity index (χ4v) is 1.27. The summed E-state index contributed by atoms with van der Waals surface area (Å²) in [7, 11) is 0. The number of imide groups is 1. The lowest BCUT2D eigenvalue weighted by Crippen LogP contribution is -2.33. The zero-order valence-corrected chi connectivity index (χ0v) is 11.3. The number of amides is 2. The van der Waals surface area contributed by atoms with E-state index < -0.39 is 12.0 Å². The van der Waals surface area contributed by atoms with Crippen molar-refractivity contribution in [2.45, 2.75) is 39.9 Å². The first kappa shape index (κ1) is 15.1. The van der Waals surface area contributed by atoms with Crippen LogP contribution in [-0.4, -0.2) is 39.6 Å². The molecule has 0 aliphatic carbocycles. The Bertz CT molecular complexity index is 430. The molecule has 1 aromatic rings. The molecule has 0 aromatic carbocycles. The van der Waals surface area contributed by atoms with Crippen molar-refractivity contribution < 1.29 is 14.3 Å². The Hall–Kier alpha value is -1.96. The molecule has 2 amide bonds. The number of carbonyl (C=O) groups excluding carboxylic acids is 2. The maximum absolute atomic E-state index is 11.5. The molecule has 0 saturated heterocycles. The summed E-state index contributed by atoms with van der Waals surface area (Å²) >= 11 is 0. The van der Waals surface area contributed by atoms with Crippen LogP contribution in [0.5, 0.6) is 0 Å². The number of carbonyl (C=O) groups is 2. The predicted molar refractivity (Wildman–Crippen MR) is 67.2 cm³/mol. The van der Waals surface area contributed by atoms with Crippen LogP contribution in [0.2, 0.25) is 0 Å². The smallest absolute Gasteiger partial charge is 0.413 e. The number of nitrogens with one attached hydrogen (secondary N) is 2. The molecule has 8 nitrogen and oxygen atoms in total. The van der Waals surface area contributed by atoms with Gasteiger partial charge in [-0.05, 0) is 6.92 Å². The number of aromatic nitrogens is 3. The third-order valence-electron chi connectivity index (χ3n) is 2.10. The van der Waals surface area contributed by atoms with E-state index in [1.165, 1.54) is 4.68 Å². The van der Waals surface area contributed by atoms with Gasteiger partial charge in [0.15, 0.2) is 0 Å². The van der Waals surface area contributed by atoms with E-state index in [1.54, 1.807) is 13.1 Å². The predicted octanol–water partition coefficient (Wildman–Crippen LogP) is 0.0488. The van der Waals surface area contributed by atoms with Gasteiger partial charge in [-0.3, -0.25) is 10.1 Å². The van der Waals surface area contributed by atoms with Crippen LogP contribution < -0.4 is 10.6 Å². The van der Waals surface area contributed by atoms with Gasteiger partial charge in [0.1, 0.15) is 6.54 Å². The zero-order chi connectivity index (χ0) is 14.3. The molecule has 0 aliphatic heterocycles. The van der Waals surface area contributed by atoms with Crippen molar-refractivity contribution in [1.29, 1.82) is 0 Å². The van der Waals surface area contributed by atoms with Crippen LogP contribution >= 0.6 is 0 Å². The minimum absolute atomic E-state index is 0.0759. The molecular formula is C11H19N5O3. The Balaban J connectivity index is 2.40. The summed E-state index contributed by atoms with van der Waals surface area (Å²) in [4.78, 5) is 22.5. The highest BCUT2D eigenvalue weighted by Crippen LogP contribution is 1.94. The first-order valence-corrected chi connectivity index (χ1v) is 6.10. The van der Waals surface area contributed by atoms with E-state index in [9.17, 15) is 9.59 Å². The first-order valence-electron chi connectivity index (χ1n) is 6.10. The summed E-state index contributed by atoms with van der Waals surface area (Å²) in [5.74, 6) is -0.494. The summed E-state index contributed by atoms with van der Waals surface area (Å²) in [6.07, 6.45) is 0.898. The number of hydrogen-bond donors (Lipinski definition) is 2. The Morgan fingerprint density at radius 1 is 1.47 bits per heavy atom. The molecule has 8 heteroatoms. The van der Waals surface area contributed by atoms with Crippen molar-refractivity contribution in [3.05, 3.63) is 11.9 Å². The standard InChI is InChI=1S/C11H19N5O3/c1-4-19-11(18)13-10(17)7-16-6-9(14-15-16)5-12-8(2)3/h6,8,12H,4-5,7H2,1-3H3,(H,13,17,18). The van der Waals surface area contributed by atoms with Gasteiger partial charge in [0.25, 0.3) is 5.91 Å². The lowest BCUT2D eigenvalue weighted by atomic mass is 10.3. The Morgan fingerprint density at radius 3 is 2.84 bits per heavy atom. The molecule has 106 valence electrons. The Morgan fingerprint density at radius 2 is 2.21 bits per heavy atom. The van der Waals surface area contributed by atoms with Crippen molar-refractivity contribution in [3.8, 4) is 0 Å². The molecule has 1 heterocycles. The van der Waals surface area contributed by atoms with Crippen LogP contribution in [0.25, 0.3) is 0 Å². The molecule has 0 saturated carbocycles. The van der Waals surface area contributed by atoms with Crippen molar-refractivity contribution in [3.63, 3.8) is 0 Å². The van der Waals surface area contributed by atoms with Crippen molar-refractivity contribution >= 4 is 12.0 Å². The molecule has 0 radical (unpaired) electrons. The van der Waals surface area contributed by atoms with Gasteiger partial charge in [0.2, 0.25) is 0 Å². The molecule has 0 spiro atoms. The van der Waals surface area contributed by atoms with Crippen molar-refractivity contribution in [2.75, 3.05) is 6.61 Å². The largest absolute Gasteiger partial charge is 0.450 e. The molecular weight excluding hydrogens is 250 g/mol. The molecule has 1 rings (SSSR count). The average Bonchev–Trinajstić information content (AvgIpc) is 2.74. The minimum Gasteiger partial charge on any atom is -0.450 e. The summed E-state index contributed by atoms with van der Waals surface area (Å²) in [6, 6.07) is 0.345. The van der Waals surface area contributed by atoms with Crippen LogP contribution in [0.15, 0.2) is 6.20 Å². The fourth-order valence-electron chi connectivity index (χ4n) is 1.27. The quantitative estimate of drug-likeness (QED) is 0.757. The zero-order valence-electron chi connectivity index (χ0n) is 11.3.